The summed E-state index contributed by atoms with van der Waals surface area (Å²) in [5, 5.41) is 12.1. The van der Waals surface area contributed by atoms with Crippen molar-refractivity contribution >= 4 is 11.6 Å². The monoisotopic (exact) mass is 193 g/mol. The van der Waals surface area contributed by atoms with Crippen LogP contribution in [0, 0.1) is 5.41 Å². The first kappa shape index (κ1) is 10.6. The fourth-order valence-electron chi connectivity index (χ4n) is 0.889. The van der Waals surface area contributed by atoms with Crippen LogP contribution in [0.4, 0.5) is 5.69 Å². The van der Waals surface area contributed by atoms with E-state index in [2.05, 4.69) is 5.32 Å². The van der Waals surface area contributed by atoms with Crippen LogP contribution in [0.1, 0.15) is 20.8 Å². The molecule has 1 rings (SSSR count). The molecule has 0 fully saturated rings. The van der Waals surface area contributed by atoms with Gasteiger partial charge in [-0.25, -0.2) is 0 Å². The van der Waals surface area contributed by atoms with Crippen molar-refractivity contribution < 1.29 is 9.90 Å². The smallest absolute Gasteiger partial charge is 0.229 e. The molecule has 3 heteroatoms. The van der Waals surface area contributed by atoms with Gasteiger partial charge < -0.3 is 10.4 Å². The van der Waals surface area contributed by atoms with Crippen LogP contribution in [-0.4, -0.2) is 11.0 Å². The Morgan fingerprint density at radius 3 is 2.36 bits per heavy atom. The Morgan fingerprint density at radius 2 is 1.86 bits per heavy atom. The van der Waals surface area contributed by atoms with Crippen LogP contribution in [0.3, 0.4) is 0 Å². The van der Waals surface area contributed by atoms with Crippen molar-refractivity contribution in [3.8, 4) is 5.75 Å². The zero-order valence-corrected chi connectivity index (χ0v) is 8.66. The predicted molar refractivity (Wildman–Crippen MR) is 56.2 cm³/mol. The summed E-state index contributed by atoms with van der Waals surface area (Å²) in [4.78, 5) is 11.6. The average molecular weight is 193 g/mol. The van der Waals surface area contributed by atoms with Gasteiger partial charge in [-0.2, -0.15) is 0 Å². The van der Waals surface area contributed by atoms with Crippen LogP contribution in [0.2, 0.25) is 0 Å². The Bertz CT molecular complexity index is 339. The van der Waals surface area contributed by atoms with Crippen molar-refractivity contribution in [2.75, 3.05) is 5.32 Å². The molecule has 3 nitrogen and oxygen atoms in total. The number of nitrogens with one attached hydrogen (secondary N) is 1. The first-order valence-corrected chi connectivity index (χ1v) is 4.51. The summed E-state index contributed by atoms with van der Waals surface area (Å²) < 4.78 is 0. The van der Waals surface area contributed by atoms with Gasteiger partial charge in [0.25, 0.3) is 0 Å². The number of hydrogen-bond donors (Lipinski definition) is 2. The maximum atomic E-state index is 11.6. The number of carbonyl (C=O) groups is 1. The molecule has 0 saturated heterocycles. The van der Waals surface area contributed by atoms with Crippen LogP contribution in [-0.2, 0) is 4.79 Å². The Labute approximate surface area is 83.8 Å². The van der Waals surface area contributed by atoms with E-state index in [1.807, 2.05) is 20.8 Å². The van der Waals surface area contributed by atoms with Crippen LogP contribution in [0.25, 0.3) is 0 Å². The molecule has 0 spiro atoms. The van der Waals surface area contributed by atoms with E-state index in [0.29, 0.717) is 5.69 Å². The third kappa shape index (κ3) is 2.49. The number of benzene rings is 1. The van der Waals surface area contributed by atoms with Gasteiger partial charge in [-0.15, -0.1) is 0 Å². The number of rotatable bonds is 1. The van der Waals surface area contributed by atoms with Gasteiger partial charge in [0, 0.05) is 5.41 Å². The first-order valence-electron chi connectivity index (χ1n) is 4.51. The number of amides is 1. The van der Waals surface area contributed by atoms with Gasteiger partial charge in [0.1, 0.15) is 5.75 Å². The van der Waals surface area contributed by atoms with Gasteiger partial charge in [0.05, 0.1) is 5.69 Å². The maximum Gasteiger partial charge on any atom is 0.229 e. The van der Waals surface area contributed by atoms with Gasteiger partial charge >= 0.3 is 0 Å². The largest absolute Gasteiger partial charge is 0.506 e. The zero-order valence-electron chi connectivity index (χ0n) is 8.66. The number of phenolic OH excluding ortho intramolecular Hbond substituents is 1. The second-order valence-electron chi connectivity index (χ2n) is 4.22. The van der Waals surface area contributed by atoms with E-state index in [4.69, 9.17) is 0 Å². The number of anilines is 1. The van der Waals surface area contributed by atoms with Crippen molar-refractivity contribution in [1.82, 2.24) is 0 Å². The lowest BCUT2D eigenvalue weighted by Crippen LogP contribution is -2.27. The fourth-order valence-corrected chi connectivity index (χ4v) is 0.889. The molecular weight excluding hydrogens is 178 g/mol. The van der Waals surface area contributed by atoms with Crippen LogP contribution in [0.5, 0.6) is 5.75 Å². The van der Waals surface area contributed by atoms with Gasteiger partial charge in [0.2, 0.25) is 5.91 Å². The van der Waals surface area contributed by atoms with Crippen LogP contribution in [0.15, 0.2) is 24.3 Å². The van der Waals surface area contributed by atoms with E-state index >= 15 is 0 Å². The van der Waals surface area contributed by atoms with Crippen LogP contribution >= 0.6 is 0 Å². The Hall–Kier alpha value is -1.51. The number of aromatic hydroxyl groups is 1. The van der Waals surface area contributed by atoms with Gasteiger partial charge in [0.15, 0.2) is 0 Å². The van der Waals surface area contributed by atoms with Crippen molar-refractivity contribution in [2.45, 2.75) is 20.8 Å². The highest BCUT2D eigenvalue weighted by atomic mass is 16.3. The van der Waals surface area contributed by atoms with Gasteiger partial charge in [-0.3, -0.25) is 4.79 Å². The SMILES string of the molecule is CC(C)(C)C(=O)Nc1ccccc1O. The fraction of sp³-hybridized carbons (Fsp3) is 0.364. The molecule has 2 N–H and O–H groups in total. The van der Waals surface area contributed by atoms with Gasteiger partial charge in [-0.05, 0) is 12.1 Å². The Kier molecular flexibility index (Phi) is 2.79. The molecule has 0 aliphatic rings. The molecule has 0 radical (unpaired) electrons. The van der Waals surface area contributed by atoms with E-state index in [1.165, 1.54) is 6.07 Å². The van der Waals surface area contributed by atoms with Gasteiger partial charge in [-0.1, -0.05) is 32.9 Å². The van der Waals surface area contributed by atoms with E-state index in [-0.39, 0.29) is 11.7 Å². The summed E-state index contributed by atoms with van der Waals surface area (Å²) >= 11 is 0. The van der Waals surface area contributed by atoms with E-state index in [9.17, 15) is 9.90 Å². The lowest BCUT2D eigenvalue weighted by atomic mass is 9.95. The maximum absolute atomic E-state index is 11.6. The molecule has 0 unspecified atom stereocenters. The van der Waals surface area contributed by atoms with Crippen molar-refractivity contribution in [2.24, 2.45) is 5.41 Å². The summed E-state index contributed by atoms with van der Waals surface area (Å²) in [6, 6.07) is 6.68. The minimum atomic E-state index is -0.456. The van der Waals surface area contributed by atoms with E-state index < -0.39 is 5.41 Å². The highest BCUT2D eigenvalue weighted by molar-refractivity contribution is 5.95. The normalized spacial score (nSPS) is 11.1. The van der Waals surface area contributed by atoms with Crippen LogP contribution < -0.4 is 5.32 Å². The van der Waals surface area contributed by atoms with Crippen molar-refractivity contribution in [1.29, 1.82) is 0 Å². The summed E-state index contributed by atoms with van der Waals surface area (Å²) in [6.07, 6.45) is 0. The molecule has 1 amide bonds. The molecule has 0 aliphatic carbocycles. The molecule has 0 bridgehead atoms. The molecule has 0 aliphatic heterocycles. The molecular formula is C11H15NO2. The second-order valence-corrected chi connectivity index (χ2v) is 4.22. The summed E-state index contributed by atoms with van der Waals surface area (Å²) in [6.45, 7) is 5.47. The minimum absolute atomic E-state index is 0.0881. The highest BCUT2D eigenvalue weighted by Gasteiger charge is 2.21. The zero-order chi connectivity index (χ0) is 10.8. The third-order valence-electron chi connectivity index (χ3n) is 1.83. The molecule has 76 valence electrons. The number of hydrogen-bond acceptors (Lipinski definition) is 2. The standard InChI is InChI=1S/C11H15NO2/c1-11(2,3)10(14)12-8-6-4-5-7-9(8)13/h4-7,13H,1-3H3,(H,12,14). The van der Waals surface area contributed by atoms with E-state index in [1.54, 1.807) is 18.2 Å². The Balaban J connectivity index is 2.80. The van der Waals surface area contributed by atoms with Crippen molar-refractivity contribution in [3.63, 3.8) is 0 Å². The average Bonchev–Trinajstić information content (AvgIpc) is 2.07. The second kappa shape index (κ2) is 3.70. The lowest BCUT2D eigenvalue weighted by molar-refractivity contribution is -0.123. The quantitative estimate of drug-likeness (QED) is 0.673. The number of carbonyl (C=O) groups excluding carboxylic acids is 1. The number of para-hydroxylation sites is 2. The Morgan fingerprint density at radius 1 is 1.29 bits per heavy atom. The predicted octanol–water partition coefficient (Wildman–Crippen LogP) is 2.38. The van der Waals surface area contributed by atoms with Crippen molar-refractivity contribution in [3.05, 3.63) is 24.3 Å². The molecule has 14 heavy (non-hydrogen) atoms. The topological polar surface area (TPSA) is 49.3 Å². The first-order chi connectivity index (χ1) is 6.41. The third-order valence-corrected chi connectivity index (χ3v) is 1.83. The summed E-state index contributed by atoms with van der Waals surface area (Å²) in [7, 11) is 0. The molecule has 1 aromatic carbocycles. The molecule has 0 aromatic heterocycles. The molecule has 0 saturated carbocycles. The molecule has 1 aromatic rings. The minimum Gasteiger partial charge on any atom is -0.506 e. The highest BCUT2D eigenvalue weighted by Crippen LogP contribution is 2.24. The summed E-state index contributed by atoms with van der Waals surface area (Å²) in [5.74, 6) is -0.0240. The molecule has 0 atom stereocenters. The lowest BCUT2D eigenvalue weighted by Gasteiger charge is -2.17. The van der Waals surface area contributed by atoms with E-state index in [0.717, 1.165) is 0 Å². The number of phenols is 1. The molecule has 0 heterocycles. The summed E-state index contributed by atoms with van der Waals surface area (Å²) in [5.41, 5.74) is -0.00475.